The molecule has 0 radical (unpaired) electrons. The lowest BCUT2D eigenvalue weighted by Gasteiger charge is -2.13. The summed E-state index contributed by atoms with van der Waals surface area (Å²) in [6.45, 7) is 1.53. The van der Waals surface area contributed by atoms with E-state index in [4.69, 9.17) is 0 Å². The highest BCUT2D eigenvalue weighted by molar-refractivity contribution is 7.89. The number of Topliss-reactive ketones (excluding diaryl/α,β-unsaturated/α-hetero) is 1. The minimum Gasteiger partial charge on any atom is -0.295 e. The fourth-order valence-electron chi connectivity index (χ4n) is 3.06. The van der Waals surface area contributed by atoms with Gasteiger partial charge in [-0.25, -0.2) is 13.1 Å². The van der Waals surface area contributed by atoms with E-state index in [1.165, 1.54) is 6.92 Å². The lowest BCUT2D eigenvalue weighted by atomic mass is 10.0. The molecule has 4 nitrogen and oxygen atoms in total. The normalized spacial score (nSPS) is 15.5. The Morgan fingerprint density at radius 3 is 1.92 bits per heavy atom. The number of ketones is 1. The summed E-state index contributed by atoms with van der Waals surface area (Å²) in [5.74, 6) is 0.0287. The molecule has 0 unspecified atom stereocenters. The van der Waals surface area contributed by atoms with E-state index < -0.39 is 10.0 Å². The van der Waals surface area contributed by atoms with E-state index in [0.29, 0.717) is 10.5 Å². The average Bonchev–Trinajstić information content (AvgIpc) is 3.07. The van der Waals surface area contributed by atoms with Crippen LogP contribution in [-0.4, -0.2) is 20.2 Å². The minimum atomic E-state index is -3.46. The van der Waals surface area contributed by atoms with Crippen LogP contribution in [0.15, 0.2) is 53.4 Å². The fraction of sp³-hybridized carbons (Fsp3) is 0.316. The molecular weight excluding hydrogens is 322 g/mol. The van der Waals surface area contributed by atoms with Gasteiger partial charge in [0.2, 0.25) is 10.0 Å². The number of benzene rings is 2. The molecule has 0 aromatic heterocycles. The van der Waals surface area contributed by atoms with Crippen LogP contribution < -0.4 is 4.72 Å². The van der Waals surface area contributed by atoms with Gasteiger partial charge in [-0.05, 0) is 43.0 Å². The van der Waals surface area contributed by atoms with Crippen LogP contribution in [0.1, 0.15) is 43.0 Å². The second kappa shape index (κ2) is 6.87. The fourth-order valence-corrected chi connectivity index (χ4v) is 4.36. The molecule has 2 aromatic rings. The maximum absolute atomic E-state index is 12.4. The molecular formula is C19H21NO3S. The van der Waals surface area contributed by atoms with Crippen molar-refractivity contribution in [3.05, 3.63) is 54.1 Å². The number of hydrogen-bond donors (Lipinski definition) is 1. The first-order valence-corrected chi connectivity index (χ1v) is 9.68. The largest absolute Gasteiger partial charge is 0.295 e. The van der Waals surface area contributed by atoms with Crippen molar-refractivity contribution in [3.63, 3.8) is 0 Å². The molecule has 0 atom stereocenters. The zero-order valence-electron chi connectivity index (χ0n) is 13.7. The molecule has 1 fully saturated rings. The van der Waals surface area contributed by atoms with Gasteiger partial charge in [-0.15, -0.1) is 0 Å². The van der Waals surface area contributed by atoms with Gasteiger partial charge in [0, 0.05) is 11.6 Å². The molecule has 0 saturated heterocycles. The molecule has 0 aliphatic heterocycles. The third-order valence-electron chi connectivity index (χ3n) is 4.47. The maximum atomic E-state index is 12.4. The molecule has 24 heavy (non-hydrogen) atoms. The lowest BCUT2D eigenvalue weighted by molar-refractivity contribution is 0.101. The summed E-state index contributed by atoms with van der Waals surface area (Å²) in [5, 5.41) is 0. The third-order valence-corrected chi connectivity index (χ3v) is 6.00. The maximum Gasteiger partial charge on any atom is 0.240 e. The van der Waals surface area contributed by atoms with E-state index in [2.05, 4.69) is 4.72 Å². The van der Waals surface area contributed by atoms with E-state index in [1.54, 1.807) is 36.4 Å². The summed E-state index contributed by atoms with van der Waals surface area (Å²) in [6, 6.07) is 14.2. The van der Waals surface area contributed by atoms with Crippen LogP contribution in [-0.2, 0) is 10.0 Å². The zero-order chi connectivity index (χ0) is 17.2. The van der Waals surface area contributed by atoms with Gasteiger partial charge >= 0.3 is 0 Å². The second-order valence-corrected chi connectivity index (χ2v) is 7.97. The van der Waals surface area contributed by atoms with Crippen molar-refractivity contribution in [2.24, 2.45) is 0 Å². The van der Waals surface area contributed by atoms with Gasteiger partial charge in [0.25, 0.3) is 0 Å². The first-order chi connectivity index (χ1) is 11.5. The topological polar surface area (TPSA) is 63.2 Å². The SMILES string of the molecule is CC(=O)c1ccc(-c2ccc(S(=O)(=O)NC3CCCC3)cc2)cc1. The Labute approximate surface area is 143 Å². The van der Waals surface area contributed by atoms with E-state index in [9.17, 15) is 13.2 Å². The smallest absolute Gasteiger partial charge is 0.240 e. The molecule has 2 aromatic carbocycles. The van der Waals surface area contributed by atoms with Crippen molar-refractivity contribution in [1.82, 2.24) is 4.72 Å². The molecule has 0 heterocycles. The van der Waals surface area contributed by atoms with Crippen LogP contribution in [0.2, 0.25) is 0 Å². The van der Waals surface area contributed by atoms with Crippen molar-refractivity contribution in [2.75, 3.05) is 0 Å². The summed E-state index contributed by atoms with van der Waals surface area (Å²) in [5.41, 5.74) is 2.54. The number of carbonyl (C=O) groups excluding carboxylic acids is 1. The number of hydrogen-bond acceptors (Lipinski definition) is 3. The van der Waals surface area contributed by atoms with E-state index >= 15 is 0 Å². The number of carbonyl (C=O) groups is 1. The van der Waals surface area contributed by atoms with E-state index in [-0.39, 0.29) is 11.8 Å². The Balaban J connectivity index is 1.78. The Bertz CT molecular complexity index is 818. The Kier molecular flexibility index (Phi) is 4.83. The molecule has 0 amide bonds. The summed E-state index contributed by atoms with van der Waals surface area (Å²) in [7, 11) is -3.46. The molecule has 1 saturated carbocycles. The van der Waals surface area contributed by atoms with Crippen LogP contribution in [0.5, 0.6) is 0 Å². The molecule has 5 heteroatoms. The van der Waals surface area contributed by atoms with Crippen molar-refractivity contribution < 1.29 is 13.2 Å². The molecule has 0 bridgehead atoms. The highest BCUT2D eigenvalue weighted by Gasteiger charge is 2.22. The predicted molar refractivity (Wildman–Crippen MR) is 94.5 cm³/mol. The summed E-state index contributed by atoms with van der Waals surface area (Å²) >= 11 is 0. The average molecular weight is 343 g/mol. The first kappa shape index (κ1) is 16.9. The highest BCUT2D eigenvalue weighted by Crippen LogP contribution is 2.24. The van der Waals surface area contributed by atoms with Gasteiger partial charge < -0.3 is 0 Å². The molecule has 1 N–H and O–H groups in total. The molecule has 1 aliphatic rings. The number of nitrogens with one attached hydrogen (secondary N) is 1. The van der Waals surface area contributed by atoms with Crippen LogP contribution in [0.3, 0.4) is 0 Å². The minimum absolute atomic E-state index is 0.0287. The van der Waals surface area contributed by atoms with Gasteiger partial charge in [0.15, 0.2) is 5.78 Å². The van der Waals surface area contributed by atoms with Gasteiger partial charge in [-0.1, -0.05) is 49.2 Å². The van der Waals surface area contributed by atoms with Crippen molar-refractivity contribution in [3.8, 4) is 11.1 Å². The summed E-state index contributed by atoms with van der Waals surface area (Å²) in [6.07, 6.45) is 4.00. The van der Waals surface area contributed by atoms with E-state index in [1.807, 2.05) is 12.1 Å². The van der Waals surface area contributed by atoms with Crippen molar-refractivity contribution >= 4 is 15.8 Å². The molecule has 1 aliphatic carbocycles. The van der Waals surface area contributed by atoms with E-state index in [0.717, 1.165) is 36.8 Å². The summed E-state index contributed by atoms with van der Waals surface area (Å²) < 4.78 is 27.6. The van der Waals surface area contributed by atoms with Crippen molar-refractivity contribution in [2.45, 2.75) is 43.5 Å². The Morgan fingerprint density at radius 2 is 1.42 bits per heavy atom. The molecule has 0 spiro atoms. The zero-order valence-corrected chi connectivity index (χ0v) is 14.5. The first-order valence-electron chi connectivity index (χ1n) is 8.19. The molecule has 126 valence electrons. The predicted octanol–water partition coefficient (Wildman–Crippen LogP) is 3.78. The number of rotatable bonds is 5. The Morgan fingerprint density at radius 1 is 0.917 bits per heavy atom. The van der Waals surface area contributed by atoms with Crippen LogP contribution >= 0.6 is 0 Å². The highest BCUT2D eigenvalue weighted by atomic mass is 32.2. The van der Waals surface area contributed by atoms with Crippen molar-refractivity contribution in [1.29, 1.82) is 0 Å². The Hall–Kier alpha value is -1.98. The number of sulfonamides is 1. The van der Waals surface area contributed by atoms with Gasteiger partial charge in [0.1, 0.15) is 0 Å². The van der Waals surface area contributed by atoms with Crippen LogP contribution in [0, 0.1) is 0 Å². The van der Waals surface area contributed by atoms with Gasteiger partial charge in [-0.3, -0.25) is 4.79 Å². The standard InChI is InChI=1S/C19H21NO3S/c1-14(21)15-6-8-16(9-7-15)17-10-12-19(13-11-17)24(22,23)20-18-4-2-3-5-18/h6-13,18,20H,2-5H2,1H3. The monoisotopic (exact) mass is 343 g/mol. The van der Waals surface area contributed by atoms with Gasteiger partial charge in [0.05, 0.1) is 4.90 Å². The van der Waals surface area contributed by atoms with Gasteiger partial charge in [-0.2, -0.15) is 0 Å². The van der Waals surface area contributed by atoms with Crippen LogP contribution in [0.4, 0.5) is 0 Å². The van der Waals surface area contributed by atoms with Crippen LogP contribution in [0.25, 0.3) is 11.1 Å². The lowest BCUT2D eigenvalue weighted by Crippen LogP contribution is -2.32. The molecule has 3 rings (SSSR count). The second-order valence-electron chi connectivity index (χ2n) is 6.26. The summed E-state index contributed by atoms with van der Waals surface area (Å²) in [4.78, 5) is 11.6. The quantitative estimate of drug-likeness (QED) is 0.841. The third kappa shape index (κ3) is 3.74.